The van der Waals surface area contributed by atoms with E-state index in [4.69, 9.17) is 9.64 Å². The molecule has 0 saturated heterocycles. The van der Waals surface area contributed by atoms with Gasteiger partial charge in [0.05, 0.1) is 17.4 Å². The lowest BCUT2D eigenvalue weighted by molar-refractivity contribution is -0.0222. The van der Waals surface area contributed by atoms with Crippen LogP contribution in [0.3, 0.4) is 0 Å². The predicted molar refractivity (Wildman–Crippen MR) is 141 cm³/mol. The zero-order valence-corrected chi connectivity index (χ0v) is 19.8. The molecule has 2 aliphatic carbocycles. The van der Waals surface area contributed by atoms with Gasteiger partial charge in [0, 0.05) is 11.8 Å². The Labute approximate surface area is 201 Å². The first-order valence-corrected chi connectivity index (χ1v) is 12.0. The zero-order chi connectivity index (χ0) is 23.4. The van der Waals surface area contributed by atoms with E-state index >= 15 is 0 Å². The summed E-state index contributed by atoms with van der Waals surface area (Å²) < 4.78 is 5.92. The van der Waals surface area contributed by atoms with Crippen molar-refractivity contribution in [2.45, 2.75) is 45.3 Å². The maximum Gasteiger partial charge on any atom is 0.331 e. The molecule has 1 radical (unpaired) electrons. The summed E-state index contributed by atoms with van der Waals surface area (Å²) in [5, 5.41) is 12.7. The first-order chi connectivity index (χ1) is 16.4. The molecule has 3 aromatic carbocycles. The Morgan fingerprint density at radius 3 is 2.68 bits per heavy atom. The Hall–Kier alpha value is -3.21. The molecule has 1 atom stereocenters. The van der Waals surface area contributed by atoms with Crippen molar-refractivity contribution in [1.29, 1.82) is 0 Å². The highest BCUT2D eigenvalue weighted by Gasteiger charge is 2.26. The Bertz CT molecular complexity index is 1470. The molecule has 1 heterocycles. The highest BCUT2D eigenvalue weighted by atomic mass is 16.5. The molecule has 34 heavy (non-hydrogen) atoms. The van der Waals surface area contributed by atoms with Gasteiger partial charge in [-0.1, -0.05) is 54.6 Å². The summed E-state index contributed by atoms with van der Waals surface area (Å²) in [6, 6.07) is 19.7. The van der Waals surface area contributed by atoms with E-state index in [1.54, 1.807) is 21.3 Å². The maximum atomic E-state index is 10.2. The lowest BCUT2D eigenvalue weighted by Crippen LogP contribution is -2.38. The van der Waals surface area contributed by atoms with Crippen LogP contribution in [0.2, 0.25) is 0 Å². The normalized spacial score (nSPS) is 14.7. The highest BCUT2D eigenvalue weighted by Crippen LogP contribution is 2.48. The summed E-state index contributed by atoms with van der Waals surface area (Å²) in [5.74, 6) is 0. The molecule has 0 spiro atoms. The standard InChI is InChI=1S/C30H27BNO2/c1-18(30(2,3)33)34-31-27-14-13-24-22-12-11-20(17-26(22)23-9-6-10-25(27)28(23)24)29-21-8-5-4-7-19(21)15-16-32-29/h4,6-7,9-18,33H,5,8H2,1-3H3. The van der Waals surface area contributed by atoms with Crippen LogP contribution in [0.4, 0.5) is 0 Å². The average Bonchev–Trinajstić information content (AvgIpc) is 3.17. The highest BCUT2D eigenvalue weighted by molar-refractivity contribution is 6.52. The van der Waals surface area contributed by atoms with Crippen LogP contribution in [-0.2, 0) is 11.1 Å². The van der Waals surface area contributed by atoms with Crippen molar-refractivity contribution in [1.82, 2.24) is 4.98 Å². The van der Waals surface area contributed by atoms with Gasteiger partial charge in [0.1, 0.15) is 0 Å². The van der Waals surface area contributed by atoms with Crippen LogP contribution < -0.4 is 5.46 Å². The second kappa shape index (κ2) is 7.94. The van der Waals surface area contributed by atoms with Crippen LogP contribution in [0.25, 0.3) is 50.4 Å². The number of aromatic nitrogens is 1. The van der Waals surface area contributed by atoms with Crippen LogP contribution >= 0.6 is 0 Å². The summed E-state index contributed by atoms with van der Waals surface area (Å²) in [4.78, 5) is 4.78. The molecular weight excluding hydrogens is 417 g/mol. The molecule has 0 aliphatic heterocycles. The van der Waals surface area contributed by atoms with E-state index in [1.807, 2.05) is 13.1 Å². The minimum Gasteiger partial charge on any atom is -0.429 e. The molecule has 4 heteroatoms. The first-order valence-electron chi connectivity index (χ1n) is 12.0. The van der Waals surface area contributed by atoms with Crippen molar-refractivity contribution in [3.8, 4) is 33.5 Å². The SMILES string of the molecule is CC(O[B]c1ccc2c3c(cccc13)-c1cc(-c3nccc4c3CCC=C4)ccc1-2)C(C)(C)O. The van der Waals surface area contributed by atoms with Gasteiger partial charge in [0.25, 0.3) is 0 Å². The van der Waals surface area contributed by atoms with Gasteiger partial charge in [0.15, 0.2) is 0 Å². The number of hydrogen-bond donors (Lipinski definition) is 1. The van der Waals surface area contributed by atoms with Gasteiger partial charge in [-0.25, -0.2) is 0 Å². The number of hydrogen-bond acceptors (Lipinski definition) is 3. The van der Waals surface area contributed by atoms with Crippen molar-refractivity contribution in [3.05, 3.63) is 78.0 Å². The Kier molecular flexibility index (Phi) is 4.98. The molecule has 6 rings (SSSR count). The fraction of sp³-hybridized carbons (Fsp3) is 0.233. The largest absolute Gasteiger partial charge is 0.429 e. The smallest absolute Gasteiger partial charge is 0.331 e. The van der Waals surface area contributed by atoms with E-state index in [9.17, 15) is 5.11 Å². The quantitative estimate of drug-likeness (QED) is 0.342. The van der Waals surface area contributed by atoms with Crippen molar-refractivity contribution < 1.29 is 9.76 Å². The fourth-order valence-electron chi connectivity index (χ4n) is 5.09. The summed E-state index contributed by atoms with van der Waals surface area (Å²) in [5.41, 5.74) is 10.0. The number of allylic oxidation sites excluding steroid dienone is 1. The van der Waals surface area contributed by atoms with E-state index in [0.717, 1.165) is 29.4 Å². The van der Waals surface area contributed by atoms with Crippen molar-refractivity contribution in [2.75, 3.05) is 0 Å². The lowest BCUT2D eigenvalue weighted by Gasteiger charge is -2.26. The maximum absolute atomic E-state index is 10.2. The van der Waals surface area contributed by atoms with Crippen LogP contribution in [0.1, 0.15) is 38.3 Å². The van der Waals surface area contributed by atoms with Crippen molar-refractivity contribution in [2.24, 2.45) is 0 Å². The van der Waals surface area contributed by atoms with Gasteiger partial charge >= 0.3 is 7.48 Å². The number of aliphatic hydroxyl groups is 1. The monoisotopic (exact) mass is 444 g/mol. The van der Waals surface area contributed by atoms with Crippen molar-refractivity contribution in [3.63, 3.8) is 0 Å². The molecule has 0 saturated carbocycles. The van der Waals surface area contributed by atoms with Gasteiger partial charge in [-0.05, 0) is 95.4 Å². The third kappa shape index (κ3) is 3.41. The molecule has 1 N–H and O–H groups in total. The zero-order valence-electron chi connectivity index (χ0n) is 19.8. The Morgan fingerprint density at radius 2 is 1.82 bits per heavy atom. The minimum absolute atomic E-state index is 0.311. The molecule has 0 amide bonds. The molecule has 1 unspecified atom stereocenters. The Balaban J connectivity index is 1.43. The average molecular weight is 444 g/mol. The minimum atomic E-state index is -0.904. The summed E-state index contributed by atoms with van der Waals surface area (Å²) in [6.07, 6.45) is 8.16. The number of rotatable bonds is 5. The molecule has 4 aromatic rings. The third-order valence-electron chi connectivity index (χ3n) is 7.29. The molecule has 1 aromatic heterocycles. The van der Waals surface area contributed by atoms with Gasteiger partial charge < -0.3 is 9.76 Å². The van der Waals surface area contributed by atoms with E-state index in [1.165, 1.54) is 44.3 Å². The van der Waals surface area contributed by atoms with Gasteiger partial charge in [0.2, 0.25) is 0 Å². The Morgan fingerprint density at radius 1 is 1.00 bits per heavy atom. The third-order valence-corrected chi connectivity index (χ3v) is 7.29. The first kappa shape index (κ1) is 21.3. The summed E-state index contributed by atoms with van der Waals surface area (Å²) in [7, 11) is 1.79. The molecule has 0 bridgehead atoms. The molecule has 0 fully saturated rings. The second-order valence-electron chi connectivity index (χ2n) is 9.91. The number of nitrogens with zero attached hydrogens (tertiary/aromatic N) is 1. The second-order valence-corrected chi connectivity index (χ2v) is 9.91. The van der Waals surface area contributed by atoms with E-state index in [0.29, 0.717) is 0 Å². The van der Waals surface area contributed by atoms with Crippen LogP contribution in [0.15, 0.2) is 66.9 Å². The van der Waals surface area contributed by atoms with E-state index in [-0.39, 0.29) is 6.10 Å². The number of benzene rings is 3. The molecule has 2 aliphatic rings. The van der Waals surface area contributed by atoms with E-state index < -0.39 is 5.60 Å². The van der Waals surface area contributed by atoms with E-state index in [2.05, 4.69) is 66.7 Å². The number of pyridine rings is 1. The fourth-order valence-corrected chi connectivity index (χ4v) is 5.09. The van der Waals surface area contributed by atoms with Crippen LogP contribution in [0.5, 0.6) is 0 Å². The summed E-state index contributed by atoms with van der Waals surface area (Å²) >= 11 is 0. The van der Waals surface area contributed by atoms with Gasteiger partial charge in [-0.15, -0.1) is 0 Å². The van der Waals surface area contributed by atoms with Crippen molar-refractivity contribution >= 4 is 29.8 Å². The molecule has 167 valence electrons. The number of fused-ring (bicyclic) bond motifs is 4. The lowest BCUT2D eigenvalue weighted by atomic mass is 9.81. The topological polar surface area (TPSA) is 42.4 Å². The van der Waals surface area contributed by atoms with Gasteiger partial charge in [-0.3, -0.25) is 4.98 Å². The predicted octanol–water partition coefficient (Wildman–Crippen LogP) is 5.93. The molecular formula is C30H27BNO2. The van der Waals surface area contributed by atoms with Crippen LogP contribution in [0, 0.1) is 0 Å². The van der Waals surface area contributed by atoms with Gasteiger partial charge in [-0.2, -0.15) is 0 Å². The van der Waals surface area contributed by atoms with Crippen LogP contribution in [-0.4, -0.2) is 29.3 Å². The summed E-state index contributed by atoms with van der Waals surface area (Å²) in [6.45, 7) is 5.42. The molecule has 3 nitrogen and oxygen atoms in total.